The molecule has 0 unspecified atom stereocenters. The minimum absolute atomic E-state index is 0.0595. The van der Waals surface area contributed by atoms with Crippen LogP contribution in [-0.4, -0.2) is 6.71 Å². The molecular weight excluding hydrogens is 768 g/mol. The minimum atomic E-state index is 0.0595. The van der Waals surface area contributed by atoms with Gasteiger partial charge in [-0.2, -0.15) is 0 Å². The van der Waals surface area contributed by atoms with Crippen LogP contribution in [0, 0.1) is 13.8 Å². The summed E-state index contributed by atoms with van der Waals surface area (Å²) in [7, 11) is 0. The van der Waals surface area contributed by atoms with Crippen LogP contribution in [0.15, 0.2) is 146 Å². The Hall–Kier alpha value is -5.84. The Morgan fingerprint density at radius 3 is 1.71 bits per heavy atom. The summed E-state index contributed by atoms with van der Waals surface area (Å²) in [6.45, 7) is 21.4. The lowest BCUT2D eigenvalue weighted by molar-refractivity contribution is 0.332. The van der Waals surface area contributed by atoms with Gasteiger partial charge < -0.3 is 9.80 Å². The molecule has 0 radical (unpaired) electrons. The van der Waals surface area contributed by atoms with Crippen LogP contribution in [0.25, 0.3) is 32.3 Å². The Balaban J connectivity index is 1.26. The van der Waals surface area contributed by atoms with Gasteiger partial charge in [0.05, 0.1) is 5.69 Å². The number of fused-ring (bicyclic) bond motifs is 7. The molecule has 2 aliphatic heterocycles. The fraction of sp³-hybridized carbons (Fsp3) is 0.241. The summed E-state index contributed by atoms with van der Waals surface area (Å²) in [5.74, 6) is 0. The average Bonchev–Trinajstić information content (AvgIpc) is 3.63. The Labute approximate surface area is 373 Å². The van der Waals surface area contributed by atoms with E-state index >= 15 is 0 Å². The number of hydrogen-bond acceptors (Lipinski definition) is 3. The first-order valence-corrected chi connectivity index (χ1v) is 23.3. The molecule has 0 fully saturated rings. The maximum atomic E-state index is 2.66. The van der Waals surface area contributed by atoms with E-state index in [1.165, 1.54) is 123 Å². The molecule has 62 heavy (non-hydrogen) atoms. The molecule has 0 atom stereocenters. The molecule has 0 spiro atoms. The molecule has 0 bridgehead atoms. The van der Waals surface area contributed by atoms with Crippen LogP contribution >= 0.6 is 11.3 Å². The molecule has 2 nitrogen and oxygen atoms in total. The molecule has 4 heteroatoms. The smallest absolute Gasteiger partial charge is 0.264 e. The molecule has 0 saturated heterocycles. The van der Waals surface area contributed by atoms with Gasteiger partial charge in [0.1, 0.15) is 0 Å². The van der Waals surface area contributed by atoms with Crippen LogP contribution in [-0.2, 0) is 16.2 Å². The zero-order valence-electron chi connectivity index (χ0n) is 37.7. The SMILES string of the molecule is Cc1cc2c3c(c1)N(c1cc(-c4ccccc4)cc(-c4ccccc4)c1)c1c(sc4ccc(C)cc14)B3c1cc3c(cc1N2c1ccc(C(C)(C)C)cc1)C(C)(C)CCC3(C)C. The fourth-order valence-corrected chi connectivity index (χ4v) is 12.1. The number of thiophene rings is 1. The first-order valence-electron chi connectivity index (χ1n) is 22.5. The van der Waals surface area contributed by atoms with Crippen molar-refractivity contribution >= 4 is 78.0 Å². The van der Waals surface area contributed by atoms with Crippen molar-refractivity contribution in [1.82, 2.24) is 0 Å². The van der Waals surface area contributed by atoms with Gasteiger partial charge in [-0.3, -0.25) is 0 Å². The Morgan fingerprint density at radius 1 is 0.532 bits per heavy atom. The Kier molecular flexibility index (Phi) is 8.71. The van der Waals surface area contributed by atoms with Crippen molar-refractivity contribution in [2.24, 2.45) is 0 Å². The second-order valence-corrected chi connectivity index (χ2v) is 21.7. The summed E-state index contributed by atoms with van der Waals surface area (Å²) in [6, 6.07) is 55.8. The third-order valence-electron chi connectivity index (χ3n) is 14.3. The van der Waals surface area contributed by atoms with Gasteiger partial charge in [0.25, 0.3) is 6.71 Å². The van der Waals surface area contributed by atoms with Gasteiger partial charge >= 0.3 is 0 Å². The molecule has 306 valence electrons. The van der Waals surface area contributed by atoms with Gasteiger partial charge in [0.15, 0.2) is 0 Å². The van der Waals surface area contributed by atoms with Crippen LogP contribution in [0.1, 0.15) is 89.1 Å². The van der Waals surface area contributed by atoms with E-state index in [0.29, 0.717) is 0 Å². The van der Waals surface area contributed by atoms with Crippen molar-refractivity contribution in [3.8, 4) is 22.3 Å². The minimum Gasteiger partial charge on any atom is -0.311 e. The molecule has 0 N–H and O–H groups in total. The maximum Gasteiger partial charge on any atom is 0.264 e. The average molecular weight is 823 g/mol. The Morgan fingerprint density at radius 2 is 1.11 bits per heavy atom. The van der Waals surface area contributed by atoms with Crippen molar-refractivity contribution in [2.45, 2.75) is 91.4 Å². The highest BCUT2D eigenvalue weighted by Gasteiger charge is 2.48. The molecule has 1 aliphatic carbocycles. The normalized spacial score (nSPS) is 15.9. The standard InChI is InChI=1S/C58H55BN2S/c1-36-20-25-52-45(28-36)54-55(62-52)59-48-34-46-47(58(8,9)27-26-57(46,6)7)35-49(48)60(43-23-21-42(22-24-43)56(3,4)5)50-29-37(2)30-51(53(50)59)61(54)44-32-40(38-16-12-10-13-17-38)31-41(33-44)39-18-14-11-15-19-39/h10-25,28-35H,26-27H2,1-9H3. The van der Waals surface area contributed by atoms with Gasteiger partial charge in [-0.1, -0.05) is 139 Å². The van der Waals surface area contributed by atoms with Gasteiger partial charge in [0, 0.05) is 43.3 Å². The summed E-state index contributed by atoms with van der Waals surface area (Å²) in [5, 5.41) is 1.33. The molecular formula is C58H55BN2S. The maximum absolute atomic E-state index is 2.66. The van der Waals surface area contributed by atoms with E-state index in [0.717, 1.165) is 0 Å². The van der Waals surface area contributed by atoms with Crippen molar-refractivity contribution in [1.29, 1.82) is 0 Å². The van der Waals surface area contributed by atoms with Crippen LogP contribution < -0.4 is 25.5 Å². The zero-order valence-corrected chi connectivity index (χ0v) is 38.5. The second kappa shape index (κ2) is 13.8. The zero-order chi connectivity index (χ0) is 42.9. The number of rotatable bonds is 4. The van der Waals surface area contributed by atoms with E-state index < -0.39 is 0 Å². The summed E-state index contributed by atoms with van der Waals surface area (Å²) >= 11 is 1.99. The van der Waals surface area contributed by atoms with E-state index in [-0.39, 0.29) is 23.0 Å². The van der Waals surface area contributed by atoms with Gasteiger partial charge in [-0.15, -0.1) is 11.3 Å². The molecule has 3 aliphatic rings. The molecule has 0 amide bonds. The van der Waals surface area contributed by atoms with Crippen LogP contribution in [0.2, 0.25) is 0 Å². The fourth-order valence-electron chi connectivity index (χ4n) is 10.8. The third-order valence-corrected chi connectivity index (χ3v) is 15.5. The third kappa shape index (κ3) is 6.12. The number of hydrogen-bond donors (Lipinski definition) is 0. The Bertz CT molecular complexity index is 3020. The molecule has 1 aromatic heterocycles. The molecule has 0 saturated carbocycles. The predicted molar refractivity (Wildman–Crippen MR) is 270 cm³/mol. The highest BCUT2D eigenvalue weighted by Crippen LogP contribution is 2.52. The van der Waals surface area contributed by atoms with Crippen LogP contribution in [0.3, 0.4) is 0 Å². The van der Waals surface area contributed by atoms with E-state index in [1.54, 1.807) is 0 Å². The quantitative estimate of drug-likeness (QED) is 0.163. The van der Waals surface area contributed by atoms with Crippen LogP contribution in [0.5, 0.6) is 0 Å². The molecule has 7 aromatic carbocycles. The van der Waals surface area contributed by atoms with Gasteiger partial charge in [-0.05, 0) is 159 Å². The summed E-state index contributed by atoms with van der Waals surface area (Å²) < 4.78 is 2.76. The van der Waals surface area contributed by atoms with Crippen molar-refractivity contribution in [3.05, 3.63) is 173 Å². The highest BCUT2D eigenvalue weighted by molar-refractivity contribution is 7.33. The number of benzene rings is 7. The van der Waals surface area contributed by atoms with Gasteiger partial charge in [-0.25, -0.2) is 0 Å². The number of anilines is 6. The largest absolute Gasteiger partial charge is 0.311 e. The number of aryl methyl sites for hydroxylation is 2. The molecule has 8 aromatic rings. The van der Waals surface area contributed by atoms with Crippen molar-refractivity contribution < 1.29 is 0 Å². The monoisotopic (exact) mass is 822 g/mol. The van der Waals surface area contributed by atoms with Crippen molar-refractivity contribution in [2.75, 3.05) is 9.80 Å². The van der Waals surface area contributed by atoms with Crippen molar-refractivity contribution in [3.63, 3.8) is 0 Å². The lowest BCUT2D eigenvalue weighted by atomic mass is 9.35. The van der Waals surface area contributed by atoms with E-state index in [1.807, 2.05) is 11.3 Å². The first-order chi connectivity index (χ1) is 29.7. The lowest BCUT2D eigenvalue weighted by Gasteiger charge is -2.47. The summed E-state index contributed by atoms with van der Waals surface area (Å²) in [4.78, 5) is 5.27. The highest BCUT2D eigenvalue weighted by atomic mass is 32.1. The summed E-state index contributed by atoms with van der Waals surface area (Å²) in [5.41, 5.74) is 22.3. The van der Waals surface area contributed by atoms with E-state index in [2.05, 4.69) is 218 Å². The summed E-state index contributed by atoms with van der Waals surface area (Å²) in [6.07, 6.45) is 2.36. The van der Waals surface area contributed by atoms with E-state index in [9.17, 15) is 0 Å². The van der Waals surface area contributed by atoms with Crippen LogP contribution in [0.4, 0.5) is 34.1 Å². The van der Waals surface area contributed by atoms with Gasteiger partial charge in [0.2, 0.25) is 0 Å². The number of nitrogens with zero attached hydrogens (tertiary/aromatic N) is 2. The topological polar surface area (TPSA) is 6.48 Å². The second-order valence-electron chi connectivity index (χ2n) is 20.7. The lowest BCUT2D eigenvalue weighted by Crippen LogP contribution is -2.61. The predicted octanol–water partition coefficient (Wildman–Crippen LogP) is 14.6. The molecule has 11 rings (SSSR count). The first kappa shape index (κ1) is 39.0. The molecule has 3 heterocycles. The van der Waals surface area contributed by atoms with E-state index in [4.69, 9.17) is 0 Å².